The summed E-state index contributed by atoms with van der Waals surface area (Å²) in [6, 6.07) is 7.72. The molecule has 4 heteroatoms. The van der Waals surface area contributed by atoms with Gasteiger partial charge in [0.2, 0.25) is 0 Å². The lowest BCUT2D eigenvalue weighted by Gasteiger charge is -2.33. The van der Waals surface area contributed by atoms with E-state index in [2.05, 4.69) is 20.8 Å². The van der Waals surface area contributed by atoms with E-state index in [1.54, 1.807) is 0 Å². The fraction of sp³-hybridized carbons (Fsp3) is 0.429. The van der Waals surface area contributed by atoms with Gasteiger partial charge in [-0.3, -0.25) is 0 Å². The Labute approximate surface area is 151 Å². The van der Waals surface area contributed by atoms with Crippen molar-refractivity contribution in [3.8, 4) is 5.75 Å². The molecule has 0 aliphatic heterocycles. The highest BCUT2D eigenvalue weighted by atomic mass is 31.1. The van der Waals surface area contributed by atoms with Crippen LogP contribution in [0.15, 0.2) is 30.3 Å². The third kappa shape index (κ3) is 4.20. The fourth-order valence-electron chi connectivity index (χ4n) is 3.01. The molecular formula is C21H27F2OP. The van der Waals surface area contributed by atoms with Crippen LogP contribution in [0.2, 0.25) is 0 Å². The van der Waals surface area contributed by atoms with Gasteiger partial charge in [0.05, 0.1) is 0 Å². The molecule has 2 aromatic rings. The smallest absolute Gasteiger partial charge is 0.133 e. The van der Waals surface area contributed by atoms with Crippen molar-refractivity contribution in [2.24, 2.45) is 0 Å². The van der Waals surface area contributed by atoms with Crippen molar-refractivity contribution in [2.75, 3.05) is 0 Å². The van der Waals surface area contributed by atoms with Crippen molar-refractivity contribution in [3.63, 3.8) is 0 Å². The van der Waals surface area contributed by atoms with Gasteiger partial charge in [-0.25, -0.2) is 8.78 Å². The summed E-state index contributed by atoms with van der Waals surface area (Å²) in [5.74, 6) is -0.809. The Morgan fingerprint density at radius 1 is 1.00 bits per heavy atom. The molecule has 1 N–H and O–H groups in total. The molecule has 136 valence electrons. The molecule has 0 heterocycles. The molecular weight excluding hydrogens is 337 g/mol. The maximum absolute atomic E-state index is 14.2. The lowest BCUT2D eigenvalue weighted by atomic mass is 9.82. The largest absolute Gasteiger partial charge is 0.507 e. The van der Waals surface area contributed by atoms with Gasteiger partial charge in [0, 0.05) is 22.1 Å². The van der Waals surface area contributed by atoms with E-state index in [0.717, 1.165) is 29.2 Å². The molecule has 2 unspecified atom stereocenters. The Bertz CT molecular complexity index is 780. The highest BCUT2D eigenvalue weighted by Gasteiger charge is 2.32. The molecule has 0 amide bonds. The Balaban J connectivity index is 2.57. The predicted octanol–water partition coefficient (Wildman–Crippen LogP) is 5.91. The van der Waals surface area contributed by atoms with Gasteiger partial charge in [0.15, 0.2) is 0 Å². The van der Waals surface area contributed by atoms with E-state index in [1.807, 2.05) is 32.9 Å². The van der Waals surface area contributed by atoms with E-state index in [4.69, 9.17) is 0 Å². The zero-order valence-corrected chi connectivity index (χ0v) is 16.8. The summed E-state index contributed by atoms with van der Waals surface area (Å²) in [5, 5.41) is 11.0. The number of rotatable bonds is 4. The molecule has 0 saturated carbocycles. The van der Waals surface area contributed by atoms with Gasteiger partial charge in [0.25, 0.3) is 0 Å². The molecule has 2 aromatic carbocycles. The first kappa shape index (κ1) is 19.8. The van der Waals surface area contributed by atoms with Crippen molar-refractivity contribution in [2.45, 2.75) is 58.5 Å². The van der Waals surface area contributed by atoms with Crippen LogP contribution in [0.4, 0.5) is 8.78 Å². The first-order valence-electron chi connectivity index (χ1n) is 8.55. The summed E-state index contributed by atoms with van der Waals surface area (Å²) in [6.07, 6.45) is 0.739. The summed E-state index contributed by atoms with van der Waals surface area (Å²) >= 11 is 0. The first-order valence-corrected chi connectivity index (χ1v) is 9.55. The molecule has 25 heavy (non-hydrogen) atoms. The van der Waals surface area contributed by atoms with Crippen molar-refractivity contribution in [1.82, 2.24) is 0 Å². The van der Waals surface area contributed by atoms with Crippen molar-refractivity contribution >= 4 is 13.9 Å². The van der Waals surface area contributed by atoms with Crippen LogP contribution in [0.5, 0.6) is 5.75 Å². The topological polar surface area (TPSA) is 20.2 Å². The van der Waals surface area contributed by atoms with E-state index < -0.39 is 16.8 Å². The van der Waals surface area contributed by atoms with E-state index in [1.165, 1.54) is 12.1 Å². The number of phenols is 1. The molecule has 0 bridgehead atoms. The van der Waals surface area contributed by atoms with Crippen LogP contribution in [-0.4, -0.2) is 5.11 Å². The van der Waals surface area contributed by atoms with Crippen LogP contribution in [-0.2, 0) is 10.6 Å². The van der Waals surface area contributed by atoms with Crippen LogP contribution in [0, 0.1) is 18.6 Å². The van der Waals surface area contributed by atoms with Gasteiger partial charge in [-0.05, 0) is 36.5 Å². The van der Waals surface area contributed by atoms with E-state index >= 15 is 0 Å². The van der Waals surface area contributed by atoms with E-state index in [-0.39, 0.29) is 19.7 Å². The van der Waals surface area contributed by atoms with Gasteiger partial charge in [0.1, 0.15) is 17.4 Å². The summed E-state index contributed by atoms with van der Waals surface area (Å²) in [7, 11) is 0.0920. The Kier molecular flexibility index (Phi) is 5.59. The second-order valence-corrected chi connectivity index (χ2v) is 9.79. The Morgan fingerprint density at radius 3 is 2.12 bits per heavy atom. The minimum Gasteiger partial charge on any atom is -0.507 e. The lowest BCUT2D eigenvalue weighted by Crippen LogP contribution is -2.22. The number of phenolic OH excluding ortho intramolecular Hbond substituents is 1. The van der Waals surface area contributed by atoms with Crippen LogP contribution < -0.4 is 5.30 Å². The summed E-state index contributed by atoms with van der Waals surface area (Å²) in [5.41, 5.74) is 2.61. The number of halogens is 2. The van der Waals surface area contributed by atoms with E-state index in [0.29, 0.717) is 5.30 Å². The maximum atomic E-state index is 14.2. The van der Waals surface area contributed by atoms with Gasteiger partial charge in [-0.15, -0.1) is 0 Å². The van der Waals surface area contributed by atoms with Crippen molar-refractivity contribution < 1.29 is 13.9 Å². The second kappa shape index (κ2) is 7.03. The lowest BCUT2D eigenvalue weighted by molar-refractivity contribution is 0.430. The maximum Gasteiger partial charge on any atom is 0.133 e. The molecule has 0 saturated heterocycles. The quantitative estimate of drug-likeness (QED) is 0.669. The highest BCUT2D eigenvalue weighted by Crippen LogP contribution is 2.49. The third-order valence-electron chi connectivity index (χ3n) is 4.71. The highest BCUT2D eigenvalue weighted by molar-refractivity contribution is 7.48. The van der Waals surface area contributed by atoms with Crippen LogP contribution in [0.1, 0.15) is 57.7 Å². The average molecular weight is 364 g/mol. The second-order valence-electron chi connectivity index (χ2n) is 7.89. The normalized spacial score (nSPS) is 14.9. The number of hydrogen-bond donors (Lipinski definition) is 1. The third-order valence-corrected chi connectivity index (χ3v) is 6.56. The van der Waals surface area contributed by atoms with Gasteiger partial charge < -0.3 is 5.11 Å². The molecule has 0 aliphatic rings. The molecule has 2 atom stereocenters. The van der Waals surface area contributed by atoms with Gasteiger partial charge in [-0.2, -0.15) is 0 Å². The molecule has 2 rings (SSSR count). The summed E-state index contributed by atoms with van der Waals surface area (Å²) in [4.78, 5) is 0. The van der Waals surface area contributed by atoms with Crippen molar-refractivity contribution in [1.29, 1.82) is 0 Å². The molecule has 0 spiro atoms. The van der Waals surface area contributed by atoms with Gasteiger partial charge >= 0.3 is 0 Å². The molecule has 1 nitrogen and oxygen atoms in total. The molecule has 0 aromatic heterocycles. The number of benzene rings is 2. The SMILES string of the molecule is CCC(C)(Pc1ccc(F)cc1F)c1cc(C)cc(C(C)(C)C)c1O. The van der Waals surface area contributed by atoms with Gasteiger partial charge in [-0.1, -0.05) is 60.9 Å². The zero-order valence-electron chi connectivity index (χ0n) is 15.8. The zero-order chi connectivity index (χ0) is 19.0. The Hall–Kier alpha value is -1.47. The van der Waals surface area contributed by atoms with Crippen LogP contribution in [0.3, 0.4) is 0 Å². The summed E-state index contributed by atoms with van der Waals surface area (Å²) in [6.45, 7) is 12.3. The average Bonchev–Trinajstić information content (AvgIpc) is 2.51. The van der Waals surface area contributed by atoms with Crippen LogP contribution >= 0.6 is 8.58 Å². The fourth-order valence-corrected chi connectivity index (χ4v) is 4.46. The number of aryl methyl sites for hydroxylation is 1. The van der Waals surface area contributed by atoms with Crippen molar-refractivity contribution in [3.05, 3.63) is 58.7 Å². The molecule has 0 aliphatic carbocycles. The molecule has 0 radical (unpaired) electrons. The van der Waals surface area contributed by atoms with Crippen LogP contribution in [0.25, 0.3) is 0 Å². The predicted molar refractivity (Wildman–Crippen MR) is 103 cm³/mol. The minimum absolute atomic E-state index is 0.0920. The Morgan fingerprint density at radius 2 is 1.60 bits per heavy atom. The number of hydrogen-bond acceptors (Lipinski definition) is 1. The molecule has 0 fully saturated rings. The standard InChI is InChI=1S/C21H27F2OP/c1-7-21(6,25-18-9-8-14(22)12-17(18)23)16-11-13(2)10-15(19(16)24)20(3,4)5/h8-12,24-25H,7H2,1-6H3. The monoisotopic (exact) mass is 364 g/mol. The minimum atomic E-state index is -0.572. The number of aromatic hydroxyl groups is 1. The first-order chi connectivity index (χ1) is 11.5. The summed E-state index contributed by atoms with van der Waals surface area (Å²) < 4.78 is 27.4. The van der Waals surface area contributed by atoms with E-state index in [9.17, 15) is 13.9 Å².